The van der Waals surface area contributed by atoms with Gasteiger partial charge in [-0.05, 0) is 52.4 Å². The quantitative estimate of drug-likeness (QED) is 0.841. The van der Waals surface area contributed by atoms with Gasteiger partial charge in [-0.3, -0.25) is 4.79 Å². The summed E-state index contributed by atoms with van der Waals surface area (Å²) in [4.78, 5) is 11.9. The molecular weight excluding hydrogens is 344 g/mol. The molecule has 18 heavy (non-hydrogen) atoms. The smallest absolute Gasteiger partial charge is 0.252 e. The van der Waals surface area contributed by atoms with Gasteiger partial charge in [-0.1, -0.05) is 24.3 Å². The monoisotopic (exact) mass is 355 g/mol. The predicted octanol–water partition coefficient (Wildman–Crippen LogP) is 3.36. The van der Waals surface area contributed by atoms with Gasteiger partial charge in [0.15, 0.2) is 0 Å². The zero-order valence-electron chi connectivity index (χ0n) is 9.49. The minimum Gasteiger partial charge on any atom is -0.348 e. The van der Waals surface area contributed by atoms with Crippen LogP contribution in [0.4, 0.5) is 4.39 Å². The first kappa shape index (κ1) is 13.0. The van der Waals surface area contributed by atoms with Gasteiger partial charge in [-0.2, -0.15) is 0 Å². The Kier molecular flexibility index (Phi) is 4.30. The first-order valence-corrected chi connectivity index (χ1v) is 6.52. The maximum absolute atomic E-state index is 12.7. The molecule has 0 aliphatic heterocycles. The van der Waals surface area contributed by atoms with Crippen LogP contribution in [0.25, 0.3) is 0 Å². The highest BCUT2D eigenvalue weighted by Gasteiger charge is 2.08. The standard InChI is InChI=1S/C14H11FINO/c15-11-7-5-10(6-8-11)9-17-14(18)12-3-1-2-4-13(12)16/h1-8H,9H2,(H,17,18). The normalized spacial score (nSPS) is 10.1. The molecule has 0 fully saturated rings. The van der Waals surface area contributed by atoms with Crippen LogP contribution >= 0.6 is 22.6 Å². The van der Waals surface area contributed by atoms with Gasteiger partial charge in [-0.25, -0.2) is 4.39 Å². The van der Waals surface area contributed by atoms with Crippen LogP contribution in [-0.2, 0) is 6.54 Å². The number of amides is 1. The Bertz CT molecular complexity index is 554. The van der Waals surface area contributed by atoms with Crippen molar-refractivity contribution in [1.82, 2.24) is 5.32 Å². The molecule has 2 rings (SSSR count). The second-order valence-electron chi connectivity index (χ2n) is 3.79. The molecule has 0 aliphatic rings. The van der Waals surface area contributed by atoms with Crippen LogP contribution in [0.15, 0.2) is 48.5 Å². The molecule has 0 spiro atoms. The number of carbonyl (C=O) groups is 1. The molecular formula is C14H11FINO. The Hall–Kier alpha value is -1.43. The Morgan fingerprint density at radius 1 is 1.11 bits per heavy atom. The van der Waals surface area contributed by atoms with Crippen LogP contribution in [0.3, 0.4) is 0 Å². The number of hydrogen-bond donors (Lipinski definition) is 1. The molecule has 1 N–H and O–H groups in total. The van der Waals surface area contributed by atoms with Gasteiger partial charge in [0, 0.05) is 10.1 Å². The average Bonchev–Trinajstić information content (AvgIpc) is 2.38. The molecule has 0 bridgehead atoms. The summed E-state index contributed by atoms with van der Waals surface area (Å²) in [5, 5.41) is 2.81. The first-order chi connectivity index (χ1) is 8.66. The minimum atomic E-state index is -0.275. The lowest BCUT2D eigenvalue weighted by Crippen LogP contribution is -2.23. The van der Waals surface area contributed by atoms with Gasteiger partial charge in [-0.15, -0.1) is 0 Å². The predicted molar refractivity (Wildman–Crippen MR) is 76.7 cm³/mol. The highest BCUT2D eigenvalue weighted by atomic mass is 127. The van der Waals surface area contributed by atoms with Gasteiger partial charge in [0.05, 0.1) is 5.56 Å². The summed E-state index contributed by atoms with van der Waals surface area (Å²) in [5.41, 5.74) is 1.52. The van der Waals surface area contributed by atoms with Crippen LogP contribution in [0.2, 0.25) is 0 Å². The lowest BCUT2D eigenvalue weighted by atomic mass is 10.2. The third-order valence-electron chi connectivity index (χ3n) is 2.48. The van der Waals surface area contributed by atoms with Crippen LogP contribution in [0.5, 0.6) is 0 Å². The van der Waals surface area contributed by atoms with Gasteiger partial charge in [0.1, 0.15) is 5.82 Å². The summed E-state index contributed by atoms with van der Waals surface area (Å²) in [6.07, 6.45) is 0. The van der Waals surface area contributed by atoms with Crippen molar-refractivity contribution in [3.8, 4) is 0 Å². The molecule has 0 aliphatic carbocycles. The van der Waals surface area contributed by atoms with Crippen LogP contribution in [-0.4, -0.2) is 5.91 Å². The molecule has 0 saturated heterocycles. The third-order valence-corrected chi connectivity index (χ3v) is 3.43. The van der Waals surface area contributed by atoms with E-state index in [1.807, 2.05) is 18.2 Å². The fourth-order valence-electron chi connectivity index (χ4n) is 1.53. The molecule has 4 heteroatoms. The molecule has 0 heterocycles. The van der Waals surface area contributed by atoms with E-state index in [-0.39, 0.29) is 11.7 Å². The molecule has 0 saturated carbocycles. The maximum atomic E-state index is 12.7. The van der Waals surface area contributed by atoms with Crippen molar-refractivity contribution in [2.45, 2.75) is 6.54 Å². The molecule has 92 valence electrons. The van der Waals surface area contributed by atoms with E-state index < -0.39 is 0 Å². The lowest BCUT2D eigenvalue weighted by Gasteiger charge is -2.06. The second-order valence-corrected chi connectivity index (χ2v) is 4.95. The van der Waals surface area contributed by atoms with Crippen molar-refractivity contribution in [1.29, 1.82) is 0 Å². The van der Waals surface area contributed by atoms with Crippen molar-refractivity contribution in [3.05, 3.63) is 69.0 Å². The summed E-state index contributed by atoms with van der Waals surface area (Å²) in [5.74, 6) is -0.396. The van der Waals surface area contributed by atoms with E-state index in [1.54, 1.807) is 18.2 Å². The van der Waals surface area contributed by atoms with Crippen molar-refractivity contribution in [2.24, 2.45) is 0 Å². The largest absolute Gasteiger partial charge is 0.348 e. The second kappa shape index (κ2) is 5.95. The summed E-state index contributed by atoms with van der Waals surface area (Å²) in [7, 11) is 0. The van der Waals surface area contributed by atoms with E-state index in [2.05, 4.69) is 27.9 Å². The minimum absolute atomic E-state index is 0.121. The number of carbonyl (C=O) groups excluding carboxylic acids is 1. The Labute approximate surface area is 118 Å². The van der Waals surface area contributed by atoms with Gasteiger partial charge in [0.2, 0.25) is 0 Å². The number of nitrogens with one attached hydrogen (secondary N) is 1. The van der Waals surface area contributed by atoms with Crippen LogP contribution < -0.4 is 5.32 Å². The highest BCUT2D eigenvalue weighted by Crippen LogP contribution is 2.11. The Morgan fingerprint density at radius 2 is 1.78 bits per heavy atom. The van der Waals surface area contributed by atoms with Crippen molar-refractivity contribution in [3.63, 3.8) is 0 Å². The number of rotatable bonds is 3. The zero-order chi connectivity index (χ0) is 13.0. The Morgan fingerprint density at radius 3 is 2.44 bits per heavy atom. The SMILES string of the molecule is O=C(NCc1ccc(F)cc1)c1ccccc1I. The van der Waals surface area contributed by atoms with Crippen molar-refractivity contribution >= 4 is 28.5 Å². The first-order valence-electron chi connectivity index (χ1n) is 5.44. The van der Waals surface area contributed by atoms with Crippen molar-refractivity contribution in [2.75, 3.05) is 0 Å². The number of halogens is 2. The maximum Gasteiger partial charge on any atom is 0.252 e. The molecule has 2 nitrogen and oxygen atoms in total. The molecule has 0 aromatic heterocycles. The summed E-state index contributed by atoms with van der Waals surface area (Å²) in [6.45, 7) is 0.393. The Balaban J connectivity index is 2.01. The zero-order valence-corrected chi connectivity index (χ0v) is 11.6. The van der Waals surface area contributed by atoms with Gasteiger partial charge in [0.25, 0.3) is 5.91 Å². The topological polar surface area (TPSA) is 29.1 Å². The molecule has 2 aromatic carbocycles. The van der Waals surface area contributed by atoms with E-state index in [0.717, 1.165) is 9.13 Å². The summed E-state index contributed by atoms with van der Waals surface area (Å²) < 4.78 is 13.6. The van der Waals surface area contributed by atoms with Crippen molar-refractivity contribution < 1.29 is 9.18 Å². The number of hydrogen-bond acceptors (Lipinski definition) is 1. The molecule has 0 unspecified atom stereocenters. The van der Waals surface area contributed by atoms with E-state index in [4.69, 9.17) is 0 Å². The van der Waals surface area contributed by atoms with Crippen LogP contribution in [0.1, 0.15) is 15.9 Å². The van der Waals surface area contributed by atoms with E-state index in [1.165, 1.54) is 12.1 Å². The lowest BCUT2D eigenvalue weighted by molar-refractivity contribution is 0.0950. The molecule has 0 atom stereocenters. The fraction of sp³-hybridized carbons (Fsp3) is 0.0714. The molecule has 0 radical (unpaired) electrons. The summed E-state index contributed by atoms with van der Waals surface area (Å²) >= 11 is 2.12. The van der Waals surface area contributed by atoms with E-state index in [9.17, 15) is 9.18 Å². The van der Waals surface area contributed by atoms with E-state index in [0.29, 0.717) is 12.1 Å². The van der Waals surface area contributed by atoms with Crippen LogP contribution in [0, 0.1) is 9.39 Å². The number of benzene rings is 2. The molecule has 2 aromatic rings. The molecule has 1 amide bonds. The van der Waals surface area contributed by atoms with Gasteiger partial charge < -0.3 is 5.32 Å². The van der Waals surface area contributed by atoms with E-state index >= 15 is 0 Å². The van der Waals surface area contributed by atoms with Gasteiger partial charge >= 0.3 is 0 Å². The summed E-state index contributed by atoms with van der Waals surface area (Å²) in [6, 6.07) is 13.5. The third kappa shape index (κ3) is 3.29. The highest BCUT2D eigenvalue weighted by molar-refractivity contribution is 14.1. The fourth-order valence-corrected chi connectivity index (χ4v) is 2.16. The average molecular weight is 355 g/mol.